The number of anilines is 1. The van der Waals surface area contributed by atoms with Crippen molar-refractivity contribution in [2.75, 3.05) is 12.3 Å². The van der Waals surface area contributed by atoms with E-state index < -0.39 is 0 Å². The first kappa shape index (κ1) is 10.2. The molecule has 2 N–H and O–H groups in total. The molecule has 3 nitrogen and oxygen atoms in total. The van der Waals surface area contributed by atoms with Gasteiger partial charge in [-0.25, -0.2) is 0 Å². The Balaban J connectivity index is 2.07. The van der Waals surface area contributed by atoms with Gasteiger partial charge in [-0.2, -0.15) is 5.26 Å². The van der Waals surface area contributed by atoms with Crippen LogP contribution in [0.25, 0.3) is 10.4 Å². The van der Waals surface area contributed by atoms with Crippen LogP contribution in [-0.4, -0.2) is 6.61 Å². The molecule has 0 bridgehead atoms. The summed E-state index contributed by atoms with van der Waals surface area (Å²) in [5.41, 5.74) is 8.66. The summed E-state index contributed by atoms with van der Waals surface area (Å²) in [7, 11) is 0. The van der Waals surface area contributed by atoms with E-state index in [0.717, 1.165) is 29.2 Å². The number of fused-ring (bicyclic) bond motifs is 1. The largest absolute Gasteiger partial charge is 0.493 e. The van der Waals surface area contributed by atoms with Crippen LogP contribution in [-0.2, 0) is 6.42 Å². The van der Waals surface area contributed by atoms with Gasteiger partial charge in [0.1, 0.15) is 16.7 Å². The number of nitriles is 1. The van der Waals surface area contributed by atoms with Gasteiger partial charge in [-0.15, -0.1) is 11.3 Å². The lowest BCUT2D eigenvalue weighted by atomic mass is 10.1. The van der Waals surface area contributed by atoms with Crippen LogP contribution in [0.5, 0.6) is 5.75 Å². The highest BCUT2D eigenvalue weighted by molar-refractivity contribution is 7.16. The number of thiophene rings is 1. The van der Waals surface area contributed by atoms with E-state index in [-0.39, 0.29) is 0 Å². The molecule has 0 saturated heterocycles. The molecule has 2 heterocycles. The summed E-state index contributed by atoms with van der Waals surface area (Å²) in [5.74, 6) is 0.971. The minimum atomic E-state index is 0.559. The molecule has 0 fully saturated rings. The monoisotopic (exact) mass is 242 g/mol. The normalized spacial score (nSPS) is 12.9. The molecule has 1 aromatic heterocycles. The Morgan fingerprint density at radius 1 is 1.35 bits per heavy atom. The number of nitrogens with zero attached hydrogens (tertiary/aromatic N) is 1. The summed E-state index contributed by atoms with van der Waals surface area (Å²) in [6.45, 7) is 0.759. The number of benzene rings is 1. The fourth-order valence-corrected chi connectivity index (χ4v) is 2.85. The van der Waals surface area contributed by atoms with Crippen molar-refractivity contribution in [1.82, 2.24) is 0 Å². The summed E-state index contributed by atoms with van der Waals surface area (Å²) in [6, 6.07) is 10.1. The van der Waals surface area contributed by atoms with E-state index in [1.807, 2.05) is 18.2 Å². The van der Waals surface area contributed by atoms with Gasteiger partial charge in [0.25, 0.3) is 0 Å². The molecule has 0 spiro atoms. The van der Waals surface area contributed by atoms with Crippen LogP contribution in [0.3, 0.4) is 0 Å². The van der Waals surface area contributed by atoms with Gasteiger partial charge in [0, 0.05) is 11.3 Å². The highest BCUT2D eigenvalue weighted by atomic mass is 32.1. The molecule has 0 atom stereocenters. The Labute approximate surface area is 103 Å². The number of ether oxygens (including phenoxy) is 1. The van der Waals surface area contributed by atoms with E-state index in [1.54, 1.807) is 0 Å². The molecule has 1 aromatic carbocycles. The van der Waals surface area contributed by atoms with Gasteiger partial charge >= 0.3 is 0 Å². The second kappa shape index (κ2) is 3.79. The predicted molar refractivity (Wildman–Crippen MR) is 68.1 cm³/mol. The number of nitrogens with two attached hydrogens (primary N) is 1. The third-order valence-electron chi connectivity index (χ3n) is 2.84. The quantitative estimate of drug-likeness (QED) is 0.836. The highest BCUT2D eigenvalue weighted by Gasteiger charge is 2.14. The van der Waals surface area contributed by atoms with Crippen LogP contribution in [0.15, 0.2) is 24.3 Å². The molecule has 2 aromatic rings. The van der Waals surface area contributed by atoms with Gasteiger partial charge in [-0.1, -0.05) is 0 Å². The minimum Gasteiger partial charge on any atom is -0.493 e. The summed E-state index contributed by atoms with van der Waals surface area (Å²) in [6.07, 6.45) is 0.954. The number of hydrogen-bond donors (Lipinski definition) is 1. The lowest BCUT2D eigenvalue weighted by Gasteiger charge is -2.01. The standard InChI is InChI=1S/C13H10N2OS/c14-7-13-10(15)6-12(17-13)9-1-2-11-8(5-9)3-4-16-11/h1-2,5-6H,3-4,15H2. The van der Waals surface area contributed by atoms with E-state index in [4.69, 9.17) is 15.7 Å². The maximum absolute atomic E-state index is 8.89. The van der Waals surface area contributed by atoms with Crippen LogP contribution in [0.2, 0.25) is 0 Å². The second-order valence-corrected chi connectivity index (χ2v) is 4.98. The van der Waals surface area contributed by atoms with Crippen molar-refractivity contribution in [3.63, 3.8) is 0 Å². The molecule has 84 valence electrons. The second-order valence-electron chi connectivity index (χ2n) is 3.93. The fourth-order valence-electron chi connectivity index (χ4n) is 1.97. The zero-order chi connectivity index (χ0) is 11.8. The van der Waals surface area contributed by atoms with Gasteiger partial charge in [0.05, 0.1) is 12.3 Å². The molecule has 0 radical (unpaired) electrons. The Hall–Kier alpha value is -1.99. The van der Waals surface area contributed by atoms with Crippen LogP contribution < -0.4 is 10.5 Å². The molecule has 0 saturated carbocycles. The Kier molecular flexibility index (Phi) is 2.27. The molecular formula is C13H10N2OS. The van der Waals surface area contributed by atoms with Gasteiger partial charge in [-0.05, 0) is 35.4 Å². The SMILES string of the molecule is N#Cc1sc(-c2ccc3c(c2)CCO3)cc1N. The molecule has 3 rings (SSSR count). The average Bonchev–Trinajstić information content (AvgIpc) is 2.93. The third-order valence-corrected chi connectivity index (χ3v) is 3.94. The van der Waals surface area contributed by atoms with E-state index in [2.05, 4.69) is 12.1 Å². The van der Waals surface area contributed by atoms with Crippen LogP contribution in [0, 0.1) is 11.3 Å². The van der Waals surface area contributed by atoms with Crippen molar-refractivity contribution in [3.05, 3.63) is 34.7 Å². The molecule has 17 heavy (non-hydrogen) atoms. The molecule has 0 amide bonds. The number of hydrogen-bond acceptors (Lipinski definition) is 4. The van der Waals surface area contributed by atoms with Crippen molar-refractivity contribution in [3.8, 4) is 22.3 Å². The number of rotatable bonds is 1. The van der Waals surface area contributed by atoms with Gasteiger partial charge in [-0.3, -0.25) is 0 Å². The Bertz CT molecular complexity index is 625. The topological polar surface area (TPSA) is 59.0 Å². The van der Waals surface area contributed by atoms with Crippen molar-refractivity contribution >= 4 is 17.0 Å². The lowest BCUT2D eigenvalue weighted by Crippen LogP contribution is -1.85. The first-order valence-electron chi connectivity index (χ1n) is 5.33. The van der Waals surface area contributed by atoms with E-state index >= 15 is 0 Å². The van der Waals surface area contributed by atoms with E-state index in [0.29, 0.717) is 10.6 Å². The zero-order valence-electron chi connectivity index (χ0n) is 9.06. The molecule has 1 aliphatic heterocycles. The first-order chi connectivity index (χ1) is 8.28. The first-order valence-corrected chi connectivity index (χ1v) is 6.15. The molecule has 0 unspecified atom stereocenters. The Morgan fingerprint density at radius 3 is 3.00 bits per heavy atom. The predicted octanol–water partition coefficient (Wildman–Crippen LogP) is 2.80. The summed E-state index contributed by atoms with van der Waals surface area (Å²) >= 11 is 1.43. The van der Waals surface area contributed by atoms with E-state index in [1.165, 1.54) is 16.9 Å². The van der Waals surface area contributed by atoms with Gasteiger partial charge in [0.2, 0.25) is 0 Å². The van der Waals surface area contributed by atoms with Crippen LogP contribution in [0.1, 0.15) is 10.4 Å². The molecule has 4 heteroatoms. The zero-order valence-corrected chi connectivity index (χ0v) is 9.88. The van der Waals surface area contributed by atoms with Crippen LogP contribution >= 0.6 is 11.3 Å². The van der Waals surface area contributed by atoms with E-state index in [9.17, 15) is 0 Å². The molecule has 1 aliphatic rings. The summed E-state index contributed by atoms with van der Waals surface area (Å²) in [5, 5.41) is 8.89. The molecule has 0 aliphatic carbocycles. The minimum absolute atomic E-state index is 0.559. The fraction of sp³-hybridized carbons (Fsp3) is 0.154. The average molecular weight is 242 g/mol. The van der Waals surface area contributed by atoms with Crippen molar-refractivity contribution in [1.29, 1.82) is 5.26 Å². The highest BCUT2D eigenvalue weighted by Crippen LogP contribution is 2.36. The van der Waals surface area contributed by atoms with Crippen molar-refractivity contribution in [2.24, 2.45) is 0 Å². The summed E-state index contributed by atoms with van der Waals surface area (Å²) in [4.78, 5) is 1.62. The van der Waals surface area contributed by atoms with Crippen molar-refractivity contribution < 1.29 is 4.74 Å². The summed E-state index contributed by atoms with van der Waals surface area (Å²) < 4.78 is 5.47. The van der Waals surface area contributed by atoms with Gasteiger partial charge < -0.3 is 10.5 Å². The molecular weight excluding hydrogens is 232 g/mol. The van der Waals surface area contributed by atoms with Crippen molar-refractivity contribution in [2.45, 2.75) is 6.42 Å². The van der Waals surface area contributed by atoms with Gasteiger partial charge in [0.15, 0.2) is 0 Å². The maximum atomic E-state index is 8.89. The number of nitrogen functional groups attached to an aromatic ring is 1. The smallest absolute Gasteiger partial charge is 0.128 e. The maximum Gasteiger partial charge on any atom is 0.128 e. The third kappa shape index (κ3) is 1.65. The van der Waals surface area contributed by atoms with Crippen LogP contribution in [0.4, 0.5) is 5.69 Å². The lowest BCUT2D eigenvalue weighted by molar-refractivity contribution is 0.357. The Morgan fingerprint density at radius 2 is 2.24 bits per heavy atom.